The van der Waals surface area contributed by atoms with Gasteiger partial charge in [0.05, 0.1) is 41.0 Å². The van der Waals surface area contributed by atoms with Crippen molar-refractivity contribution < 1.29 is 18.8 Å². The van der Waals surface area contributed by atoms with Gasteiger partial charge in [-0.25, -0.2) is 18.7 Å². The number of nitriles is 1. The summed E-state index contributed by atoms with van der Waals surface area (Å²) < 4.78 is 19.8. The van der Waals surface area contributed by atoms with Crippen LogP contribution in [0.2, 0.25) is 0 Å². The Morgan fingerprint density at radius 1 is 1.37 bits per heavy atom. The highest BCUT2D eigenvalue weighted by Crippen LogP contribution is 2.33. The smallest absolute Gasteiger partial charge is 0.418 e. The van der Waals surface area contributed by atoms with Crippen LogP contribution in [-0.4, -0.2) is 50.5 Å². The SMILES string of the molecule is C=S(=O)(NC(=O)OCC)c1ccc(Nc2ncc(-c3cc(CC#N)cs3)c(N[C@H](C)CO)n2)cc1. The van der Waals surface area contributed by atoms with Crippen LogP contribution in [0.25, 0.3) is 10.4 Å². The van der Waals surface area contributed by atoms with Crippen LogP contribution < -0.4 is 15.4 Å². The van der Waals surface area contributed by atoms with Crippen LogP contribution in [0.4, 0.5) is 22.2 Å². The number of aliphatic hydroxyl groups excluding tert-OH is 1. The molecule has 3 aromatic rings. The molecule has 1 aromatic carbocycles. The highest BCUT2D eigenvalue weighted by molar-refractivity contribution is 7.99. The first-order chi connectivity index (χ1) is 16.7. The van der Waals surface area contributed by atoms with Gasteiger partial charge in [-0.15, -0.1) is 11.3 Å². The van der Waals surface area contributed by atoms with E-state index in [4.69, 9.17) is 10.00 Å². The van der Waals surface area contributed by atoms with E-state index in [1.807, 2.05) is 18.4 Å². The molecular weight excluding hydrogens is 488 g/mol. The predicted molar refractivity (Wildman–Crippen MR) is 138 cm³/mol. The fourth-order valence-corrected chi connectivity index (χ4v) is 4.90. The number of nitrogens with one attached hydrogen (secondary N) is 3. The molecule has 3 rings (SSSR count). The van der Waals surface area contributed by atoms with Crippen molar-refractivity contribution in [2.75, 3.05) is 23.8 Å². The van der Waals surface area contributed by atoms with Gasteiger partial charge < -0.3 is 20.5 Å². The second-order valence-electron chi connectivity index (χ2n) is 7.49. The molecule has 2 aromatic heterocycles. The van der Waals surface area contributed by atoms with E-state index >= 15 is 0 Å². The molecule has 0 spiro atoms. The van der Waals surface area contributed by atoms with E-state index in [1.54, 1.807) is 37.4 Å². The number of carbonyl (C=O) groups is 1. The Hall–Kier alpha value is -3.66. The molecular formula is C23H26N6O4S2. The molecule has 2 atom stereocenters. The molecule has 0 aliphatic rings. The largest absolute Gasteiger partial charge is 0.449 e. The van der Waals surface area contributed by atoms with E-state index in [9.17, 15) is 14.1 Å². The van der Waals surface area contributed by atoms with E-state index in [1.165, 1.54) is 11.3 Å². The van der Waals surface area contributed by atoms with Crippen molar-refractivity contribution in [3.63, 3.8) is 0 Å². The summed E-state index contributed by atoms with van der Waals surface area (Å²) in [4.78, 5) is 21.8. The van der Waals surface area contributed by atoms with Crippen molar-refractivity contribution in [3.8, 4) is 16.5 Å². The fourth-order valence-electron chi connectivity index (χ4n) is 2.95. The maximum Gasteiger partial charge on any atom is 0.418 e. The number of aromatic nitrogens is 2. The molecule has 0 bridgehead atoms. The number of carbonyl (C=O) groups excluding carboxylic acids is 1. The van der Waals surface area contributed by atoms with E-state index in [-0.39, 0.29) is 19.3 Å². The van der Waals surface area contributed by atoms with Crippen molar-refractivity contribution in [2.24, 2.45) is 0 Å². The number of ether oxygens (including phenoxy) is 1. The Labute approximate surface area is 208 Å². The average Bonchev–Trinajstić information content (AvgIpc) is 3.28. The number of benzene rings is 1. The minimum Gasteiger partial charge on any atom is -0.449 e. The van der Waals surface area contributed by atoms with Crippen LogP contribution >= 0.6 is 11.3 Å². The number of nitrogens with zero attached hydrogens (tertiary/aromatic N) is 3. The Balaban J connectivity index is 1.82. The highest BCUT2D eigenvalue weighted by Gasteiger charge is 2.15. The molecule has 1 unspecified atom stereocenters. The Kier molecular flexibility index (Phi) is 8.64. The maximum atomic E-state index is 12.7. The van der Waals surface area contributed by atoms with E-state index in [0.717, 1.165) is 16.0 Å². The third-order valence-electron chi connectivity index (χ3n) is 4.66. The molecule has 0 radical (unpaired) electrons. The van der Waals surface area contributed by atoms with Crippen molar-refractivity contribution in [1.82, 2.24) is 14.7 Å². The molecule has 2 heterocycles. The molecule has 4 N–H and O–H groups in total. The maximum absolute atomic E-state index is 12.7. The zero-order chi connectivity index (χ0) is 25.4. The van der Waals surface area contributed by atoms with Gasteiger partial charge in [-0.1, -0.05) is 0 Å². The normalized spacial score (nSPS) is 13.2. The van der Waals surface area contributed by atoms with Crippen LogP contribution in [0.1, 0.15) is 19.4 Å². The summed E-state index contributed by atoms with van der Waals surface area (Å²) in [6, 6.07) is 10.3. The zero-order valence-corrected chi connectivity index (χ0v) is 20.9. The molecule has 0 fully saturated rings. The van der Waals surface area contributed by atoms with Gasteiger partial charge in [0.1, 0.15) is 5.82 Å². The Morgan fingerprint density at radius 3 is 2.77 bits per heavy atom. The predicted octanol–water partition coefficient (Wildman–Crippen LogP) is 3.54. The molecule has 0 aliphatic heterocycles. The monoisotopic (exact) mass is 514 g/mol. The first-order valence-corrected chi connectivity index (χ1v) is 13.2. The van der Waals surface area contributed by atoms with Gasteiger partial charge in [0.15, 0.2) is 0 Å². The van der Waals surface area contributed by atoms with Crippen LogP contribution in [0.3, 0.4) is 0 Å². The zero-order valence-electron chi connectivity index (χ0n) is 19.3. The molecule has 0 saturated carbocycles. The van der Waals surface area contributed by atoms with Crippen LogP contribution in [0, 0.1) is 11.3 Å². The third-order valence-corrected chi connectivity index (χ3v) is 7.21. The molecule has 0 aliphatic carbocycles. The first kappa shape index (κ1) is 26.0. The van der Waals surface area contributed by atoms with Crippen molar-refractivity contribution in [3.05, 3.63) is 47.5 Å². The lowest BCUT2D eigenvalue weighted by Crippen LogP contribution is -2.30. The van der Waals surface area contributed by atoms with Gasteiger partial charge in [-0.3, -0.25) is 0 Å². The molecule has 10 nitrogen and oxygen atoms in total. The Bertz CT molecular complexity index is 1320. The summed E-state index contributed by atoms with van der Waals surface area (Å²) in [6.07, 6.45) is 1.19. The summed E-state index contributed by atoms with van der Waals surface area (Å²) >= 11 is 1.49. The number of amides is 1. The highest BCUT2D eigenvalue weighted by atomic mass is 32.2. The van der Waals surface area contributed by atoms with Crippen LogP contribution in [0.15, 0.2) is 46.8 Å². The minimum atomic E-state index is -3.07. The quantitative estimate of drug-likeness (QED) is 0.298. The van der Waals surface area contributed by atoms with Crippen LogP contribution in [-0.2, 0) is 20.9 Å². The molecule has 35 heavy (non-hydrogen) atoms. The standard InChI is InChI=1S/C23H26N6O4S2/c1-4-33-23(31)29-35(3,32)18-7-5-17(6-8-18)27-22-25-12-19(21(28-22)26-15(2)13-30)20-11-16(9-10-24)14-34-20/h5-8,11-12,14-15,30H,3-4,9,13H2,1-2H3,(H,29,31,32)(H2,25,26,27,28)/t15-,35?/m1/s1. The summed E-state index contributed by atoms with van der Waals surface area (Å²) in [7, 11) is -3.07. The molecule has 1 amide bonds. The Morgan fingerprint density at radius 2 is 2.11 bits per heavy atom. The van der Waals surface area contributed by atoms with Gasteiger partial charge in [-0.2, -0.15) is 10.2 Å². The van der Waals surface area contributed by atoms with Crippen molar-refractivity contribution in [1.29, 1.82) is 5.26 Å². The van der Waals surface area contributed by atoms with Crippen molar-refractivity contribution in [2.45, 2.75) is 31.2 Å². The summed E-state index contributed by atoms with van der Waals surface area (Å²) in [5, 5.41) is 26.6. The van der Waals surface area contributed by atoms with Crippen LogP contribution in [0.5, 0.6) is 0 Å². The molecule has 184 valence electrons. The van der Waals surface area contributed by atoms with Gasteiger partial charge in [0.25, 0.3) is 0 Å². The number of thiophene rings is 1. The second kappa shape index (κ2) is 11.7. The lowest BCUT2D eigenvalue weighted by molar-refractivity contribution is 0.159. The fraction of sp³-hybridized carbons (Fsp3) is 0.261. The van der Waals surface area contributed by atoms with Gasteiger partial charge in [-0.05, 0) is 61.0 Å². The average molecular weight is 515 g/mol. The first-order valence-electron chi connectivity index (χ1n) is 10.6. The van der Waals surface area contributed by atoms with E-state index in [0.29, 0.717) is 28.8 Å². The second-order valence-corrected chi connectivity index (χ2v) is 10.4. The van der Waals surface area contributed by atoms with Gasteiger partial charge in [0.2, 0.25) is 5.95 Å². The number of aliphatic hydroxyl groups is 1. The third kappa shape index (κ3) is 6.92. The number of hydrogen-bond donors (Lipinski definition) is 4. The topological polar surface area (TPSA) is 149 Å². The van der Waals surface area contributed by atoms with Gasteiger partial charge in [0, 0.05) is 27.7 Å². The van der Waals surface area contributed by atoms with Crippen molar-refractivity contribution >= 4 is 50.5 Å². The summed E-state index contributed by atoms with van der Waals surface area (Å²) in [5.74, 6) is 4.44. The summed E-state index contributed by atoms with van der Waals surface area (Å²) in [6.45, 7) is 3.55. The minimum absolute atomic E-state index is 0.0814. The number of hydrogen-bond acceptors (Lipinski definition) is 10. The van der Waals surface area contributed by atoms with Gasteiger partial charge >= 0.3 is 6.09 Å². The van der Waals surface area contributed by atoms with E-state index in [2.05, 4.69) is 37.3 Å². The van der Waals surface area contributed by atoms with E-state index < -0.39 is 15.8 Å². The lowest BCUT2D eigenvalue weighted by atomic mass is 10.2. The molecule has 12 heteroatoms. The number of rotatable bonds is 10. The summed E-state index contributed by atoms with van der Waals surface area (Å²) in [5.41, 5.74) is 2.29. The molecule has 0 saturated heterocycles. The number of anilines is 3. The lowest BCUT2D eigenvalue weighted by Gasteiger charge is -2.16.